The molecule has 9 heteroatoms. The van der Waals surface area contributed by atoms with Crippen molar-refractivity contribution in [3.63, 3.8) is 0 Å². The van der Waals surface area contributed by atoms with Crippen LogP contribution >= 0.6 is 23.2 Å². The molecule has 0 aromatic heterocycles. The lowest BCUT2D eigenvalue weighted by Crippen LogP contribution is -2.14. The highest BCUT2D eigenvalue weighted by Crippen LogP contribution is 2.60. The average molecular weight is 427 g/mol. The zero-order chi connectivity index (χ0) is 20.5. The van der Waals surface area contributed by atoms with Crippen LogP contribution in [0.2, 0.25) is 0 Å². The molecule has 1 aromatic rings. The summed E-state index contributed by atoms with van der Waals surface area (Å²) >= 11 is 11.3. The molecule has 1 aromatic carbocycles. The van der Waals surface area contributed by atoms with Crippen LogP contribution in [0, 0.1) is 34.7 Å². The van der Waals surface area contributed by atoms with Crippen LogP contribution in [0.1, 0.15) is 25.0 Å². The van der Waals surface area contributed by atoms with Gasteiger partial charge in [-0.25, -0.2) is 13.2 Å². The molecule has 1 fully saturated rings. The van der Waals surface area contributed by atoms with Crippen LogP contribution in [0.4, 0.5) is 13.2 Å². The topological polar surface area (TPSA) is 44.8 Å². The first-order chi connectivity index (χ1) is 12.6. The normalized spacial score (nSPS) is 20.2. The van der Waals surface area contributed by atoms with E-state index in [1.54, 1.807) is 0 Å². The second-order valence-corrected chi connectivity index (χ2v) is 7.76. The summed E-state index contributed by atoms with van der Waals surface area (Å²) in [7, 11) is 2.32. The summed E-state index contributed by atoms with van der Waals surface area (Å²) in [5.41, 5.74) is -1.58. The van der Waals surface area contributed by atoms with Gasteiger partial charge in [-0.1, -0.05) is 37.0 Å². The number of ether oxygens (including phenoxy) is 3. The Morgan fingerprint density at radius 3 is 2.19 bits per heavy atom. The SMILES string of the molecule is COCc1c(F)c(F)c(COC(=O)[C@H]2[C@H](C=C(Cl)Cl)C2(C)C)c(OC)c1F. The van der Waals surface area contributed by atoms with Gasteiger partial charge >= 0.3 is 5.97 Å². The zero-order valence-electron chi connectivity index (χ0n) is 15.2. The van der Waals surface area contributed by atoms with Crippen molar-refractivity contribution in [2.75, 3.05) is 14.2 Å². The molecule has 0 saturated heterocycles. The van der Waals surface area contributed by atoms with Crippen LogP contribution in [0.3, 0.4) is 0 Å². The molecule has 0 unspecified atom stereocenters. The summed E-state index contributed by atoms with van der Waals surface area (Å²) in [5, 5.41) is 0. The molecule has 0 N–H and O–H groups in total. The van der Waals surface area contributed by atoms with Gasteiger partial charge in [-0.2, -0.15) is 0 Å². The molecule has 4 nitrogen and oxygen atoms in total. The Hall–Kier alpha value is -1.44. The number of carbonyl (C=O) groups excluding carboxylic acids is 1. The molecular formula is C18H19Cl2F3O4. The van der Waals surface area contributed by atoms with Crippen molar-refractivity contribution in [3.05, 3.63) is 39.1 Å². The standard InChI is InChI=1S/C18H19Cl2F3O4/c1-18(2)10(5-11(19)20)12(18)17(24)27-7-9-14(22)13(21)8(6-25-3)15(23)16(9)26-4/h5,10,12H,6-7H2,1-4H3/t10-,12+/m0/s1. The predicted octanol–water partition coefficient (Wildman–Crippen LogP) is 4.89. The number of hydrogen-bond donors (Lipinski definition) is 0. The molecule has 0 bridgehead atoms. The number of carbonyl (C=O) groups is 1. The van der Waals surface area contributed by atoms with Gasteiger partial charge in [0.15, 0.2) is 23.2 Å². The number of methoxy groups -OCH3 is 2. The maximum absolute atomic E-state index is 14.4. The Morgan fingerprint density at radius 2 is 1.67 bits per heavy atom. The van der Waals surface area contributed by atoms with Crippen molar-refractivity contribution in [1.82, 2.24) is 0 Å². The minimum Gasteiger partial charge on any atom is -0.493 e. The van der Waals surface area contributed by atoms with E-state index >= 15 is 0 Å². The van der Waals surface area contributed by atoms with Gasteiger partial charge in [0.25, 0.3) is 0 Å². The van der Waals surface area contributed by atoms with Crippen LogP contribution in [0.5, 0.6) is 5.75 Å². The van der Waals surface area contributed by atoms with Crippen molar-refractivity contribution in [3.8, 4) is 5.75 Å². The first-order valence-corrected chi connectivity index (χ1v) is 8.74. The third-order valence-corrected chi connectivity index (χ3v) is 5.03. The minimum atomic E-state index is -1.41. The summed E-state index contributed by atoms with van der Waals surface area (Å²) in [6.07, 6.45) is 1.52. The molecule has 2 rings (SSSR count). The van der Waals surface area contributed by atoms with E-state index in [4.69, 9.17) is 32.7 Å². The Kier molecular flexibility index (Phi) is 6.71. The predicted molar refractivity (Wildman–Crippen MR) is 93.9 cm³/mol. The van der Waals surface area contributed by atoms with Crippen LogP contribution in [-0.2, 0) is 27.5 Å². The van der Waals surface area contributed by atoms with Crippen LogP contribution in [0.25, 0.3) is 0 Å². The van der Waals surface area contributed by atoms with Crippen molar-refractivity contribution in [1.29, 1.82) is 0 Å². The fourth-order valence-electron chi connectivity index (χ4n) is 3.15. The van der Waals surface area contributed by atoms with Crippen molar-refractivity contribution in [2.24, 2.45) is 17.3 Å². The fourth-order valence-corrected chi connectivity index (χ4v) is 3.42. The molecule has 1 saturated carbocycles. The fraction of sp³-hybridized carbons (Fsp3) is 0.500. The molecule has 150 valence electrons. The molecule has 1 aliphatic carbocycles. The molecule has 2 atom stereocenters. The molecule has 0 aliphatic heterocycles. The second-order valence-electron chi connectivity index (χ2n) is 6.75. The van der Waals surface area contributed by atoms with Gasteiger partial charge in [-0.3, -0.25) is 4.79 Å². The lowest BCUT2D eigenvalue weighted by Gasteiger charge is -2.15. The average Bonchev–Trinajstić information content (AvgIpc) is 3.12. The van der Waals surface area contributed by atoms with Crippen molar-refractivity contribution >= 4 is 29.2 Å². The first kappa shape index (κ1) is 21.9. The summed E-state index contributed by atoms with van der Waals surface area (Å²) < 4.78 is 57.5. The molecule has 0 heterocycles. The first-order valence-electron chi connectivity index (χ1n) is 7.98. The molecule has 0 radical (unpaired) electrons. The molecule has 0 amide bonds. The van der Waals surface area contributed by atoms with E-state index in [2.05, 4.69) is 4.74 Å². The Bertz CT molecular complexity index is 777. The lowest BCUT2D eigenvalue weighted by molar-refractivity contribution is -0.147. The Balaban J connectivity index is 2.24. The third kappa shape index (κ3) is 4.20. The van der Waals surface area contributed by atoms with Gasteiger partial charge in [0, 0.05) is 7.11 Å². The molecular weight excluding hydrogens is 408 g/mol. The summed E-state index contributed by atoms with van der Waals surface area (Å²) in [5.74, 6) is -5.87. The molecule has 1 aliphatic rings. The van der Waals surface area contributed by atoms with E-state index in [9.17, 15) is 18.0 Å². The van der Waals surface area contributed by atoms with E-state index < -0.39 is 64.8 Å². The quantitative estimate of drug-likeness (QED) is 0.459. The highest BCUT2D eigenvalue weighted by Gasteiger charge is 2.61. The largest absolute Gasteiger partial charge is 0.493 e. The number of rotatable bonds is 7. The van der Waals surface area contributed by atoms with Crippen LogP contribution in [-0.4, -0.2) is 20.2 Å². The highest BCUT2D eigenvalue weighted by atomic mass is 35.5. The van der Waals surface area contributed by atoms with E-state index in [0.717, 1.165) is 7.11 Å². The van der Waals surface area contributed by atoms with E-state index in [1.807, 2.05) is 13.8 Å². The summed E-state index contributed by atoms with van der Waals surface area (Å²) in [4.78, 5) is 12.3. The maximum Gasteiger partial charge on any atom is 0.310 e. The number of allylic oxidation sites excluding steroid dienone is 1. The van der Waals surface area contributed by atoms with Gasteiger partial charge in [0.05, 0.1) is 30.8 Å². The van der Waals surface area contributed by atoms with E-state index in [1.165, 1.54) is 13.2 Å². The lowest BCUT2D eigenvalue weighted by atomic mass is 10.1. The van der Waals surface area contributed by atoms with Crippen molar-refractivity contribution in [2.45, 2.75) is 27.1 Å². The highest BCUT2D eigenvalue weighted by molar-refractivity contribution is 6.55. The number of hydrogen-bond acceptors (Lipinski definition) is 4. The van der Waals surface area contributed by atoms with Crippen molar-refractivity contribution < 1.29 is 32.2 Å². The molecule has 0 spiro atoms. The zero-order valence-corrected chi connectivity index (χ0v) is 16.7. The van der Waals surface area contributed by atoms with Crippen LogP contribution in [0.15, 0.2) is 10.6 Å². The van der Waals surface area contributed by atoms with Gasteiger partial charge in [-0.15, -0.1) is 0 Å². The van der Waals surface area contributed by atoms with E-state index in [0.29, 0.717) is 0 Å². The van der Waals surface area contributed by atoms with Crippen LogP contribution < -0.4 is 4.74 Å². The smallest absolute Gasteiger partial charge is 0.310 e. The number of esters is 1. The number of benzene rings is 1. The maximum atomic E-state index is 14.4. The summed E-state index contributed by atoms with van der Waals surface area (Å²) in [6.45, 7) is 2.47. The van der Waals surface area contributed by atoms with Gasteiger partial charge < -0.3 is 14.2 Å². The van der Waals surface area contributed by atoms with Gasteiger partial charge in [0.2, 0.25) is 0 Å². The van der Waals surface area contributed by atoms with E-state index in [-0.39, 0.29) is 10.4 Å². The monoisotopic (exact) mass is 426 g/mol. The Labute approximate surface area is 165 Å². The Morgan fingerprint density at radius 1 is 1.07 bits per heavy atom. The number of halogens is 5. The third-order valence-electron chi connectivity index (χ3n) is 4.78. The van der Waals surface area contributed by atoms with Gasteiger partial charge in [0.1, 0.15) is 11.1 Å². The molecule has 27 heavy (non-hydrogen) atoms. The minimum absolute atomic E-state index is 0.0222. The second kappa shape index (κ2) is 8.29. The summed E-state index contributed by atoms with van der Waals surface area (Å²) in [6, 6.07) is 0. The van der Waals surface area contributed by atoms with Gasteiger partial charge in [-0.05, 0) is 17.4 Å².